The number of urea groups is 1. The van der Waals surface area contributed by atoms with E-state index in [0.717, 1.165) is 38.4 Å². The number of aromatic nitrogens is 2. The molecule has 1 N–H and O–H groups in total. The Morgan fingerprint density at radius 1 is 1.26 bits per heavy atom. The summed E-state index contributed by atoms with van der Waals surface area (Å²) in [5.74, 6) is 0. The van der Waals surface area contributed by atoms with Gasteiger partial charge in [-0.05, 0) is 26.4 Å². The fraction of sp³-hybridized carbons (Fsp3) is 0.750. The summed E-state index contributed by atoms with van der Waals surface area (Å²) in [5, 5.41) is 3.00. The lowest BCUT2D eigenvalue weighted by atomic mass is 10.0. The summed E-state index contributed by atoms with van der Waals surface area (Å²) in [4.78, 5) is 23.3. The maximum atomic E-state index is 12.3. The van der Waals surface area contributed by atoms with Crippen molar-refractivity contribution >= 4 is 6.03 Å². The summed E-state index contributed by atoms with van der Waals surface area (Å²) in [6.45, 7) is 6.51. The highest BCUT2D eigenvalue weighted by Gasteiger charge is 2.28. The van der Waals surface area contributed by atoms with Gasteiger partial charge in [0.1, 0.15) is 0 Å². The average Bonchev–Trinajstić information content (AvgIpc) is 2.98. The number of rotatable bonds is 3. The van der Waals surface area contributed by atoms with Gasteiger partial charge in [0.15, 0.2) is 0 Å². The van der Waals surface area contributed by atoms with Crippen LogP contribution < -0.4 is 5.32 Å². The molecule has 2 aliphatic heterocycles. The Morgan fingerprint density at radius 3 is 2.70 bits per heavy atom. The third-order valence-electron chi connectivity index (χ3n) is 5.05. The van der Waals surface area contributed by atoms with Crippen LogP contribution in [0.3, 0.4) is 0 Å². The Morgan fingerprint density at radius 2 is 2.04 bits per heavy atom. The molecular formula is C16H28N6O. The first-order valence-corrected chi connectivity index (χ1v) is 8.54. The van der Waals surface area contributed by atoms with Crippen molar-refractivity contribution in [3.8, 4) is 0 Å². The highest BCUT2D eigenvalue weighted by molar-refractivity contribution is 5.74. The van der Waals surface area contributed by atoms with E-state index in [9.17, 15) is 4.79 Å². The van der Waals surface area contributed by atoms with Gasteiger partial charge >= 0.3 is 6.03 Å². The van der Waals surface area contributed by atoms with Crippen molar-refractivity contribution in [2.45, 2.75) is 25.4 Å². The van der Waals surface area contributed by atoms with Gasteiger partial charge in [0.05, 0.1) is 18.6 Å². The van der Waals surface area contributed by atoms with Crippen LogP contribution in [0.5, 0.6) is 0 Å². The van der Waals surface area contributed by atoms with Crippen LogP contribution in [0.4, 0.5) is 4.79 Å². The van der Waals surface area contributed by atoms with Gasteiger partial charge in [0.25, 0.3) is 0 Å². The molecule has 1 aromatic rings. The van der Waals surface area contributed by atoms with Crippen molar-refractivity contribution < 1.29 is 4.79 Å². The second-order valence-electron chi connectivity index (χ2n) is 6.74. The molecule has 128 valence electrons. The molecule has 7 heteroatoms. The van der Waals surface area contributed by atoms with Crippen molar-refractivity contribution in [3.63, 3.8) is 0 Å². The number of likely N-dealkylation sites (tertiary alicyclic amines) is 1. The molecule has 0 radical (unpaired) electrons. The second kappa shape index (κ2) is 7.31. The number of nitrogens with zero attached hydrogens (tertiary/aromatic N) is 5. The van der Waals surface area contributed by atoms with Gasteiger partial charge in [-0.25, -0.2) is 9.78 Å². The number of likely N-dealkylation sites (N-methyl/N-ethyl adjacent to an activating group) is 1. The molecule has 1 unspecified atom stereocenters. The molecule has 2 saturated heterocycles. The van der Waals surface area contributed by atoms with E-state index >= 15 is 0 Å². The molecule has 1 aromatic heterocycles. The number of aryl methyl sites for hydroxylation is 1. The predicted octanol–water partition coefficient (Wildman–Crippen LogP) is 0.342. The normalized spacial score (nSPS) is 23.9. The van der Waals surface area contributed by atoms with E-state index in [2.05, 4.69) is 27.1 Å². The summed E-state index contributed by atoms with van der Waals surface area (Å²) in [5.41, 5.74) is 1.02. The number of hydrogen-bond acceptors (Lipinski definition) is 4. The van der Waals surface area contributed by atoms with Crippen LogP contribution >= 0.6 is 0 Å². The molecule has 1 atom stereocenters. The van der Waals surface area contributed by atoms with Crippen LogP contribution in [0.2, 0.25) is 0 Å². The van der Waals surface area contributed by atoms with Crippen molar-refractivity contribution in [3.05, 3.63) is 18.2 Å². The third kappa shape index (κ3) is 4.03. The van der Waals surface area contributed by atoms with Gasteiger partial charge < -0.3 is 19.7 Å². The van der Waals surface area contributed by atoms with Crippen LogP contribution in [0, 0.1) is 0 Å². The highest BCUT2D eigenvalue weighted by atomic mass is 16.2. The molecule has 3 rings (SSSR count). The number of amides is 2. The zero-order chi connectivity index (χ0) is 16.2. The Balaban J connectivity index is 1.43. The predicted molar refractivity (Wildman–Crippen MR) is 89.1 cm³/mol. The summed E-state index contributed by atoms with van der Waals surface area (Å²) >= 11 is 0. The molecule has 2 aliphatic rings. The maximum absolute atomic E-state index is 12.3. The van der Waals surface area contributed by atoms with Crippen LogP contribution in [-0.4, -0.2) is 82.6 Å². The average molecular weight is 320 g/mol. The first-order chi connectivity index (χ1) is 11.1. The lowest BCUT2D eigenvalue weighted by molar-refractivity contribution is 0.0693. The van der Waals surface area contributed by atoms with E-state index in [4.69, 9.17) is 0 Å². The Hall–Kier alpha value is -1.60. The fourth-order valence-electron chi connectivity index (χ4n) is 3.56. The smallest absolute Gasteiger partial charge is 0.317 e. The molecule has 23 heavy (non-hydrogen) atoms. The molecule has 0 spiro atoms. The third-order valence-corrected chi connectivity index (χ3v) is 5.05. The number of nitrogens with one attached hydrogen (secondary N) is 1. The molecule has 2 amide bonds. The minimum atomic E-state index is 0.0339. The minimum Gasteiger partial charge on any atom is -0.336 e. The van der Waals surface area contributed by atoms with Gasteiger partial charge in [-0.2, -0.15) is 0 Å². The zero-order valence-corrected chi connectivity index (χ0v) is 14.2. The molecule has 3 heterocycles. The van der Waals surface area contributed by atoms with Crippen molar-refractivity contribution in [1.82, 2.24) is 29.6 Å². The van der Waals surface area contributed by atoms with Crippen LogP contribution in [0.25, 0.3) is 0 Å². The fourth-order valence-corrected chi connectivity index (χ4v) is 3.56. The van der Waals surface area contributed by atoms with Crippen molar-refractivity contribution in [1.29, 1.82) is 0 Å². The number of imidazole rings is 1. The van der Waals surface area contributed by atoms with Crippen molar-refractivity contribution in [2.24, 2.45) is 7.05 Å². The lowest BCUT2D eigenvalue weighted by Gasteiger charge is -2.42. The van der Waals surface area contributed by atoms with Crippen LogP contribution in [0.15, 0.2) is 12.5 Å². The number of hydrogen-bond donors (Lipinski definition) is 1. The van der Waals surface area contributed by atoms with Gasteiger partial charge in [0, 0.05) is 52.0 Å². The van der Waals surface area contributed by atoms with E-state index in [1.165, 1.54) is 19.4 Å². The van der Waals surface area contributed by atoms with Gasteiger partial charge in [-0.1, -0.05) is 0 Å². The molecule has 0 aliphatic carbocycles. The minimum absolute atomic E-state index is 0.0339. The molecular weight excluding hydrogens is 292 g/mol. The summed E-state index contributed by atoms with van der Waals surface area (Å²) in [6, 6.07) is 0.694. The first-order valence-electron chi connectivity index (χ1n) is 8.54. The summed E-state index contributed by atoms with van der Waals surface area (Å²) < 4.78 is 1.93. The molecule has 0 saturated carbocycles. The van der Waals surface area contributed by atoms with E-state index in [1.807, 2.05) is 16.5 Å². The number of piperazine rings is 1. The van der Waals surface area contributed by atoms with E-state index in [-0.39, 0.29) is 6.03 Å². The van der Waals surface area contributed by atoms with E-state index in [1.54, 1.807) is 12.5 Å². The van der Waals surface area contributed by atoms with Crippen LogP contribution in [0.1, 0.15) is 18.5 Å². The largest absolute Gasteiger partial charge is 0.336 e. The topological polar surface area (TPSA) is 56.6 Å². The van der Waals surface area contributed by atoms with E-state index in [0.29, 0.717) is 12.6 Å². The highest BCUT2D eigenvalue weighted by Crippen LogP contribution is 2.16. The van der Waals surface area contributed by atoms with Crippen molar-refractivity contribution in [2.75, 3.05) is 46.3 Å². The molecule has 7 nitrogen and oxygen atoms in total. The quantitative estimate of drug-likeness (QED) is 0.873. The Labute approximate surface area is 138 Å². The molecule has 0 bridgehead atoms. The number of carbonyl (C=O) groups is 1. The second-order valence-corrected chi connectivity index (χ2v) is 6.74. The molecule has 0 aromatic carbocycles. The van der Waals surface area contributed by atoms with Gasteiger partial charge in [-0.3, -0.25) is 4.90 Å². The van der Waals surface area contributed by atoms with Gasteiger partial charge in [0.2, 0.25) is 0 Å². The Bertz CT molecular complexity index is 522. The molecule has 2 fully saturated rings. The zero-order valence-electron chi connectivity index (χ0n) is 14.2. The standard InChI is InChI=1S/C16H28N6O/c1-19-5-3-4-14(12-19)21-6-8-22(9-7-21)16(23)18-11-15-10-17-13-20(15)2/h10,13-14H,3-9,11-12H2,1-2H3,(H,18,23). The van der Waals surface area contributed by atoms with Crippen LogP contribution in [-0.2, 0) is 13.6 Å². The Kier molecular flexibility index (Phi) is 5.17. The first kappa shape index (κ1) is 16.3. The number of piperidine rings is 1. The monoisotopic (exact) mass is 320 g/mol. The summed E-state index contributed by atoms with van der Waals surface area (Å²) in [6.07, 6.45) is 6.11. The van der Waals surface area contributed by atoms with Gasteiger partial charge in [-0.15, -0.1) is 0 Å². The summed E-state index contributed by atoms with van der Waals surface area (Å²) in [7, 11) is 4.14. The SMILES string of the molecule is CN1CCCC(N2CCN(C(=O)NCc3cncn3C)CC2)C1. The maximum Gasteiger partial charge on any atom is 0.317 e. The van der Waals surface area contributed by atoms with E-state index < -0.39 is 0 Å². The lowest BCUT2D eigenvalue weighted by Crippen LogP contribution is -2.56. The number of carbonyl (C=O) groups excluding carboxylic acids is 1.